The van der Waals surface area contributed by atoms with Crippen LogP contribution in [0.5, 0.6) is 0 Å². The van der Waals surface area contributed by atoms with Crippen LogP contribution in [0.4, 0.5) is 0 Å². The van der Waals surface area contributed by atoms with E-state index in [0.717, 1.165) is 11.1 Å². The summed E-state index contributed by atoms with van der Waals surface area (Å²) in [7, 11) is 3.58. The lowest BCUT2D eigenvalue weighted by atomic mass is 10.0. The van der Waals surface area contributed by atoms with Crippen LogP contribution >= 0.6 is 0 Å². The van der Waals surface area contributed by atoms with Gasteiger partial charge in [-0.3, -0.25) is 9.69 Å². The number of amides is 1. The van der Waals surface area contributed by atoms with Crippen LogP contribution in [-0.4, -0.2) is 41.5 Å². The number of aryl methyl sites for hydroxylation is 1. The predicted octanol–water partition coefficient (Wildman–Crippen LogP) is 1.58. The summed E-state index contributed by atoms with van der Waals surface area (Å²) in [4.78, 5) is 25.2. The zero-order valence-electron chi connectivity index (χ0n) is 12.6. The van der Waals surface area contributed by atoms with Gasteiger partial charge in [0.1, 0.15) is 11.6 Å². The van der Waals surface area contributed by atoms with E-state index in [1.807, 2.05) is 31.2 Å². The van der Waals surface area contributed by atoms with E-state index < -0.39 is 17.6 Å². The van der Waals surface area contributed by atoms with Crippen molar-refractivity contribution >= 4 is 11.9 Å². The summed E-state index contributed by atoms with van der Waals surface area (Å²) >= 11 is 0. The summed E-state index contributed by atoms with van der Waals surface area (Å²) in [5, 5.41) is 11.7. The smallest absolute Gasteiger partial charge is 0.328 e. The third kappa shape index (κ3) is 3.81. The number of carboxylic acid groups (broad SMARTS) is 1. The number of aliphatic carboxylic acids is 1. The number of carbonyl (C=O) groups is 2. The number of hydrogen-bond donors (Lipinski definition) is 2. The third-order valence-electron chi connectivity index (χ3n) is 3.13. The van der Waals surface area contributed by atoms with Gasteiger partial charge in [0.2, 0.25) is 5.91 Å². The number of nitrogens with zero attached hydrogens (tertiary/aromatic N) is 1. The molecule has 20 heavy (non-hydrogen) atoms. The van der Waals surface area contributed by atoms with Crippen molar-refractivity contribution in [3.05, 3.63) is 35.4 Å². The highest BCUT2D eigenvalue weighted by Crippen LogP contribution is 2.20. The van der Waals surface area contributed by atoms with E-state index in [0.29, 0.717) is 0 Å². The number of likely N-dealkylation sites (N-methyl/N-ethyl adjacent to an activating group) is 1. The van der Waals surface area contributed by atoms with Crippen molar-refractivity contribution in [1.29, 1.82) is 0 Å². The molecule has 0 spiro atoms. The van der Waals surface area contributed by atoms with Gasteiger partial charge in [0.05, 0.1) is 0 Å². The van der Waals surface area contributed by atoms with E-state index in [-0.39, 0.29) is 5.91 Å². The molecule has 5 nitrogen and oxygen atoms in total. The van der Waals surface area contributed by atoms with E-state index in [9.17, 15) is 9.59 Å². The first kappa shape index (κ1) is 16.2. The van der Waals surface area contributed by atoms with Gasteiger partial charge in [0.25, 0.3) is 0 Å². The lowest BCUT2D eigenvalue weighted by Crippen LogP contribution is -2.52. The van der Waals surface area contributed by atoms with Gasteiger partial charge < -0.3 is 10.4 Å². The number of rotatable bonds is 5. The lowest BCUT2D eigenvalue weighted by molar-refractivity contribution is -0.146. The Kier molecular flexibility index (Phi) is 4.89. The van der Waals surface area contributed by atoms with Crippen molar-refractivity contribution in [3.63, 3.8) is 0 Å². The van der Waals surface area contributed by atoms with Gasteiger partial charge in [-0.1, -0.05) is 29.8 Å². The van der Waals surface area contributed by atoms with E-state index in [2.05, 4.69) is 5.32 Å². The molecule has 1 unspecified atom stereocenters. The van der Waals surface area contributed by atoms with E-state index in [4.69, 9.17) is 5.11 Å². The molecule has 110 valence electrons. The third-order valence-corrected chi connectivity index (χ3v) is 3.13. The average Bonchev–Trinajstić information content (AvgIpc) is 2.30. The minimum Gasteiger partial charge on any atom is -0.480 e. The van der Waals surface area contributed by atoms with Crippen LogP contribution in [0.2, 0.25) is 0 Å². The fourth-order valence-corrected chi connectivity index (χ4v) is 1.86. The zero-order chi connectivity index (χ0) is 15.5. The Morgan fingerprint density at radius 1 is 1.20 bits per heavy atom. The molecular weight excluding hydrogens is 256 g/mol. The molecule has 0 bridgehead atoms. The van der Waals surface area contributed by atoms with E-state index in [1.165, 1.54) is 13.8 Å². The SMILES string of the molecule is Cc1ccc(C(C(=O)NC(C)(C)C(=O)O)N(C)C)cc1. The Hall–Kier alpha value is -1.88. The Balaban J connectivity index is 3.00. The fourth-order valence-electron chi connectivity index (χ4n) is 1.86. The van der Waals surface area contributed by atoms with Crippen LogP contribution in [0.3, 0.4) is 0 Å². The topological polar surface area (TPSA) is 69.6 Å². The predicted molar refractivity (Wildman–Crippen MR) is 77.5 cm³/mol. The zero-order valence-corrected chi connectivity index (χ0v) is 12.6. The molecule has 0 aliphatic carbocycles. The van der Waals surface area contributed by atoms with E-state index in [1.54, 1.807) is 19.0 Å². The number of carboxylic acids is 1. The highest BCUT2D eigenvalue weighted by molar-refractivity contribution is 5.89. The Labute approximate surface area is 119 Å². The molecular formula is C15H22N2O3. The lowest BCUT2D eigenvalue weighted by Gasteiger charge is -2.28. The van der Waals surface area contributed by atoms with Crippen molar-refractivity contribution in [2.75, 3.05) is 14.1 Å². The van der Waals surface area contributed by atoms with Crippen molar-refractivity contribution in [2.45, 2.75) is 32.4 Å². The number of nitrogens with one attached hydrogen (secondary N) is 1. The molecule has 2 N–H and O–H groups in total. The Morgan fingerprint density at radius 2 is 1.70 bits per heavy atom. The molecule has 0 saturated heterocycles. The molecule has 0 fully saturated rings. The number of carbonyl (C=O) groups excluding carboxylic acids is 1. The summed E-state index contributed by atoms with van der Waals surface area (Å²) in [5.41, 5.74) is 0.646. The standard InChI is InChI=1S/C15H22N2O3/c1-10-6-8-11(9-7-10)12(17(4)5)13(18)16-15(2,3)14(19)20/h6-9,12H,1-5H3,(H,16,18)(H,19,20). The Bertz CT molecular complexity index is 492. The molecule has 1 atom stereocenters. The second kappa shape index (κ2) is 6.05. The monoisotopic (exact) mass is 278 g/mol. The van der Waals surface area contributed by atoms with Crippen LogP contribution in [0, 0.1) is 6.92 Å². The van der Waals surface area contributed by atoms with Crippen LogP contribution in [0.1, 0.15) is 31.0 Å². The molecule has 0 radical (unpaired) electrons. The normalized spacial score (nSPS) is 13.1. The van der Waals surface area contributed by atoms with Gasteiger partial charge in [-0.2, -0.15) is 0 Å². The first-order valence-electron chi connectivity index (χ1n) is 6.43. The molecule has 1 rings (SSSR count). The van der Waals surface area contributed by atoms with Crippen molar-refractivity contribution in [1.82, 2.24) is 10.2 Å². The maximum atomic E-state index is 12.4. The van der Waals surface area contributed by atoms with Gasteiger partial charge in [0.15, 0.2) is 0 Å². The number of hydrogen-bond acceptors (Lipinski definition) is 3. The molecule has 0 heterocycles. The fraction of sp³-hybridized carbons (Fsp3) is 0.467. The highest BCUT2D eigenvalue weighted by atomic mass is 16.4. The van der Waals surface area contributed by atoms with E-state index >= 15 is 0 Å². The van der Waals surface area contributed by atoms with Crippen LogP contribution in [0.15, 0.2) is 24.3 Å². The minimum atomic E-state index is -1.30. The molecule has 0 aliphatic rings. The second-order valence-electron chi connectivity index (χ2n) is 5.70. The van der Waals surface area contributed by atoms with Gasteiger partial charge >= 0.3 is 5.97 Å². The second-order valence-corrected chi connectivity index (χ2v) is 5.70. The largest absolute Gasteiger partial charge is 0.480 e. The summed E-state index contributed by atoms with van der Waals surface area (Å²) in [6.45, 7) is 4.91. The summed E-state index contributed by atoms with van der Waals surface area (Å²) < 4.78 is 0. The number of benzene rings is 1. The molecule has 0 aromatic heterocycles. The van der Waals surface area contributed by atoms with Crippen molar-refractivity contribution in [2.24, 2.45) is 0 Å². The molecule has 0 aliphatic heterocycles. The molecule has 1 amide bonds. The summed E-state index contributed by atoms with van der Waals surface area (Å²) in [6.07, 6.45) is 0. The Morgan fingerprint density at radius 3 is 2.10 bits per heavy atom. The quantitative estimate of drug-likeness (QED) is 0.858. The van der Waals surface area contributed by atoms with Gasteiger partial charge in [-0.15, -0.1) is 0 Å². The van der Waals surface area contributed by atoms with Gasteiger partial charge in [0, 0.05) is 0 Å². The van der Waals surface area contributed by atoms with Crippen LogP contribution < -0.4 is 5.32 Å². The van der Waals surface area contributed by atoms with Gasteiger partial charge in [-0.25, -0.2) is 4.79 Å². The van der Waals surface area contributed by atoms with Gasteiger partial charge in [-0.05, 0) is 40.4 Å². The van der Waals surface area contributed by atoms with Crippen molar-refractivity contribution < 1.29 is 14.7 Å². The maximum absolute atomic E-state index is 12.4. The molecule has 1 aromatic rings. The highest BCUT2D eigenvalue weighted by Gasteiger charge is 2.33. The van der Waals surface area contributed by atoms with Crippen molar-refractivity contribution in [3.8, 4) is 0 Å². The first-order chi connectivity index (χ1) is 9.15. The molecule has 1 aromatic carbocycles. The minimum absolute atomic E-state index is 0.328. The van der Waals surface area contributed by atoms with Crippen LogP contribution in [-0.2, 0) is 9.59 Å². The molecule has 0 saturated carbocycles. The average molecular weight is 278 g/mol. The van der Waals surface area contributed by atoms with Crippen LogP contribution in [0.25, 0.3) is 0 Å². The summed E-state index contributed by atoms with van der Waals surface area (Å²) in [6, 6.07) is 7.11. The first-order valence-corrected chi connectivity index (χ1v) is 6.43. The molecule has 5 heteroatoms. The summed E-state index contributed by atoms with van der Waals surface area (Å²) in [5.74, 6) is -1.39. The maximum Gasteiger partial charge on any atom is 0.328 e.